The largest absolute Gasteiger partial charge is 0.378 e. The molecular weight excluding hydrogens is 401 g/mol. The Morgan fingerprint density at radius 1 is 1.30 bits per heavy atom. The molecule has 2 aliphatic carbocycles. The first-order valence-electron chi connectivity index (χ1n) is 8.48. The van der Waals surface area contributed by atoms with E-state index < -0.39 is 0 Å². The molecule has 2 saturated carbocycles. The molecule has 23 heavy (non-hydrogen) atoms. The summed E-state index contributed by atoms with van der Waals surface area (Å²) in [5, 5.41) is 3.21. The van der Waals surface area contributed by atoms with Gasteiger partial charge in [-0.25, -0.2) is 4.99 Å². The Hall–Kier alpha value is -0.820. The fourth-order valence-corrected chi connectivity index (χ4v) is 3.75. The Morgan fingerprint density at radius 3 is 2.52 bits per heavy atom. The number of aliphatic imine (C=N–C) groups is 1. The molecule has 1 aromatic carbocycles. The summed E-state index contributed by atoms with van der Waals surface area (Å²) in [6, 6.07) is 8.68. The van der Waals surface area contributed by atoms with Crippen LogP contribution in [0.5, 0.6) is 0 Å². The summed E-state index contributed by atoms with van der Waals surface area (Å²) in [6.07, 6.45) is 6.19. The maximum absolute atomic E-state index is 6.10. The lowest BCUT2D eigenvalue weighted by molar-refractivity contribution is -0.162. The van der Waals surface area contributed by atoms with Gasteiger partial charge >= 0.3 is 0 Å². The zero-order valence-electron chi connectivity index (χ0n) is 14.0. The SMILES string of the molecule is CCOC1CC(N=C(N)Nc2ccc(CC)cc2)C12CCC2.I. The number of rotatable bonds is 5. The van der Waals surface area contributed by atoms with Crippen LogP contribution in [0.4, 0.5) is 5.69 Å². The molecule has 0 radical (unpaired) electrons. The van der Waals surface area contributed by atoms with Crippen molar-refractivity contribution in [2.45, 2.75) is 58.1 Å². The predicted molar refractivity (Wildman–Crippen MR) is 107 cm³/mol. The monoisotopic (exact) mass is 429 g/mol. The van der Waals surface area contributed by atoms with E-state index in [1.165, 1.54) is 24.8 Å². The van der Waals surface area contributed by atoms with E-state index in [1.807, 2.05) is 0 Å². The van der Waals surface area contributed by atoms with E-state index in [0.717, 1.165) is 25.1 Å². The van der Waals surface area contributed by atoms with Crippen LogP contribution in [-0.2, 0) is 11.2 Å². The fraction of sp³-hybridized carbons (Fsp3) is 0.611. The van der Waals surface area contributed by atoms with Gasteiger partial charge in [-0.2, -0.15) is 0 Å². The molecule has 1 spiro atoms. The molecule has 3 N–H and O–H groups in total. The summed E-state index contributed by atoms with van der Waals surface area (Å²) in [6.45, 7) is 5.01. The quantitative estimate of drug-likeness (QED) is 0.424. The number of halogens is 1. The number of hydrogen-bond acceptors (Lipinski definition) is 2. The van der Waals surface area contributed by atoms with Gasteiger partial charge in [-0.05, 0) is 50.3 Å². The van der Waals surface area contributed by atoms with Crippen LogP contribution in [0.2, 0.25) is 0 Å². The van der Waals surface area contributed by atoms with Gasteiger partial charge in [0.15, 0.2) is 5.96 Å². The molecule has 1 aromatic rings. The Kier molecular flexibility index (Phi) is 6.31. The Labute approximate surface area is 156 Å². The number of benzene rings is 1. The van der Waals surface area contributed by atoms with Crippen LogP contribution >= 0.6 is 24.0 Å². The van der Waals surface area contributed by atoms with Crippen LogP contribution in [-0.4, -0.2) is 24.7 Å². The average molecular weight is 429 g/mol. The molecular formula is C18H28IN3O. The topological polar surface area (TPSA) is 59.6 Å². The number of anilines is 1. The van der Waals surface area contributed by atoms with Crippen LogP contribution < -0.4 is 11.1 Å². The number of ether oxygens (including phenoxy) is 1. The Morgan fingerprint density at radius 2 is 2.00 bits per heavy atom. The van der Waals surface area contributed by atoms with E-state index in [9.17, 15) is 0 Å². The predicted octanol–water partition coefficient (Wildman–Crippen LogP) is 3.94. The minimum Gasteiger partial charge on any atom is -0.378 e. The second-order valence-electron chi connectivity index (χ2n) is 6.47. The van der Waals surface area contributed by atoms with Gasteiger partial charge in [-0.3, -0.25) is 0 Å². The molecule has 2 unspecified atom stereocenters. The van der Waals surface area contributed by atoms with E-state index in [2.05, 4.69) is 43.4 Å². The number of nitrogens with zero attached hydrogens (tertiary/aromatic N) is 1. The van der Waals surface area contributed by atoms with Gasteiger partial charge in [0.1, 0.15) is 0 Å². The number of nitrogens with one attached hydrogen (secondary N) is 1. The molecule has 3 rings (SSSR count). The van der Waals surface area contributed by atoms with Crippen molar-refractivity contribution in [3.8, 4) is 0 Å². The maximum Gasteiger partial charge on any atom is 0.193 e. The molecule has 128 valence electrons. The first-order chi connectivity index (χ1) is 10.7. The zero-order valence-corrected chi connectivity index (χ0v) is 16.4. The molecule has 2 fully saturated rings. The van der Waals surface area contributed by atoms with Crippen LogP contribution in [0.1, 0.15) is 45.1 Å². The lowest BCUT2D eigenvalue weighted by Gasteiger charge is -2.59. The van der Waals surface area contributed by atoms with Gasteiger partial charge in [0, 0.05) is 17.7 Å². The molecule has 0 amide bonds. The van der Waals surface area contributed by atoms with Gasteiger partial charge in [-0.15, -0.1) is 24.0 Å². The third kappa shape index (κ3) is 3.65. The summed E-state index contributed by atoms with van der Waals surface area (Å²) in [5.74, 6) is 0.524. The molecule has 0 saturated heterocycles. The van der Waals surface area contributed by atoms with Crippen LogP contribution in [0.3, 0.4) is 0 Å². The fourth-order valence-electron chi connectivity index (χ4n) is 3.75. The second kappa shape index (κ2) is 7.83. The van der Waals surface area contributed by atoms with E-state index in [-0.39, 0.29) is 29.4 Å². The first-order valence-corrected chi connectivity index (χ1v) is 8.48. The minimum atomic E-state index is 0. The lowest BCUT2D eigenvalue weighted by atomic mass is 9.51. The van der Waals surface area contributed by atoms with Crippen molar-refractivity contribution in [2.24, 2.45) is 16.1 Å². The summed E-state index contributed by atoms with van der Waals surface area (Å²) >= 11 is 0. The number of hydrogen-bond donors (Lipinski definition) is 2. The highest BCUT2D eigenvalue weighted by Crippen LogP contribution is 2.58. The van der Waals surface area contributed by atoms with Crippen molar-refractivity contribution in [3.63, 3.8) is 0 Å². The van der Waals surface area contributed by atoms with Crippen molar-refractivity contribution >= 4 is 35.6 Å². The third-order valence-electron chi connectivity index (χ3n) is 5.32. The van der Waals surface area contributed by atoms with E-state index in [4.69, 9.17) is 15.5 Å². The summed E-state index contributed by atoms with van der Waals surface area (Å²) < 4.78 is 5.86. The van der Waals surface area contributed by atoms with Crippen molar-refractivity contribution in [3.05, 3.63) is 29.8 Å². The van der Waals surface area contributed by atoms with Gasteiger partial charge < -0.3 is 15.8 Å². The zero-order chi connectivity index (χ0) is 15.6. The number of guanidine groups is 1. The van der Waals surface area contributed by atoms with Crippen molar-refractivity contribution < 1.29 is 4.74 Å². The molecule has 0 aliphatic heterocycles. The maximum atomic E-state index is 6.10. The molecule has 4 nitrogen and oxygen atoms in total. The standard InChI is InChI=1S/C18H27N3O.HI/c1-3-13-6-8-14(9-7-13)20-17(19)21-15-12-16(22-4-2)18(15)10-5-11-18;/h6-9,15-16H,3-5,10-12H2,1-2H3,(H3,19,20,21);1H. The molecule has 0 heterocycles. The molecule has 5 heteroatoms. The smallest absolute Gasteiger partial charge is 0.193 e. The minimum absolute atomic E-state index is 0. The van der Waals surface area contributed by atoms with Crippen LogP contribution in [0.15, 0.2) is 29.3 Å². The van der Waals surface area contributed by atoms with Crippen LogP contribution in [0, 0.1) is 5.41 Å². The van der Waals surface area contributed by atoms with Gasteiger partial charge in [-0.1, -0.05) is 25.5 Å². The van der Waals surface area contributed by atoms with Crippen molar-refractivity contribution in [2.75, 3.05) is 11.9 Å². The van der Waals surface area contributed by atoms with Gasteiger partial charge in [0.25, 0.3) is 0 Å². The molecule has 2 atom stereocenters. The second-order valence-corrected chi connectivity index (χ2v) is 6.47. The average Bonchev–Trinajstić information content (AvgIpc) is 2.45. The summed E-state index contributed by atoms with van der Waals surface area (Å²) in [4.78, 5) is 4.73. The highest BCUT2D eigenvalue weighted by molar-refractivity contribution is 14.0. The van der Waals surface area contributed by atoms with Crippen LogP contribution in [0.25, 0.3) is 0 Å². The number of aryl methyl sites for hydroxylation is 1. The highest BCUT2D eigenvalue weighted by Gasteiger charge is 2.59. The third-order valence-corrected chi connectivity index (χ3v) is 5.32. The highest BCUT2D eigenvalue weighted by atomic mass is 127. The van der Waals surface area contributed by atoms with Gasteiger partial charge in [0.2, 0.25) is 0 Å². The molecule has 2 aliphatic rings. The Bertz CT molecular complexity index is 540. The summed E-state index contributed by atoms with van der Waals surface area (Å²) in [5.41, 5.74) is 8.70. The van der Waals surface area contributed by atoms with E-state index in [0.29, 0.717) is 18.1 Å². The Balaban J connectivity index is 0.00000192. The normalized spacial score (nSPS) is 25.2. The first kappa shape index (κ1) is 18.5. The van der Waals surface area contributed by atoms with Crippen molar-refractivity contribution in [1.29, 1.82) is 0 Å². The number of nitrogens with two attached hydrogens (primary N) is 1. The summed E-state index contributed by atoms with van der Waals surface area (Å²) in [7, 11) is 0. The van der Waals surface area contributed by atoms with Crippen molar-refractivity contribution in [1.82, 2.24) is 0 Å². The molecule has 0 bridgehead atoms. The molecule has 0 aromatic heterocycles. The van der Waals surface area contributed by atoms with E-state index >= 15 is 0 Å². The van der Waals surface area contributed by atoms with E-state index in [1.54, 1.807) is 0 Å². The van der Waals surface area contributed by atoms with Gasteiger partial charge in [0.05, 0.1) is 12.1 Å². The lowest BCUT2D eigenvalue weighted by Crippen LogP contribution is -2.61.